The maximum absolute atomic E-state index is 13.5. The van der Waals surface area contributed by atoms with E-state index in [1.165, 1.54) is 25.1 Å². The monoisotopic (exact) mass is 374 g/mol. The van der Waals surface area contributed by atoms with Crippen LogP contribution in [0.4, 0.5) is 4.39 Å². The average molecular weight is 374 g/mol. The minimum Gasteiger partial charge on any atom is -0.483 e. The average Bonchev–Trinajstić information content (AvgIpc) is 2.66. The molecule has 0 saturated heterocycles. The van der Waals surface area contributed by atoms with Gasteiger partial charge in [-0.15, -0.1) is 0 Å². The summed E-state index contributed by atoms with van der Waals surface area (Å²) in [5.74, 6) is -0.890. The number of ether oxygens (including phenoxy) is 2. The molecule has 0 radical (unpaired) electrons. The van der Waals surface area contributed by atoms with Gasteiger partial charge in [-0.25, -0.2) is 4.39 Å². The Bertz CT molecular complexity index is 795. The zero-order valence-corrected chi connectivity index (χ0v) is 15.5. The van der Waals surface area contributed by atoms with Gasteiger partial charge in [0.1, 0.15) is 5.75 Å². The second-order valence-corrected chi connectivity index (χ2v) is 6.21. The number of carbonyl (C=O) groups is 2. The van der Waals surface area contributed by atoms with Crippen molar-refractivity contribution in [2.45, 2.75) is 32.8 Å². The standard InChI is InChI=1S/C20H23FN2O4/c1-13(2)15-8-4-6-10-17(15)26-12-19(24)22-23-20(25)14(3)27-18-11-7-5-9-16(18)21/h4-11,13-14H,12H2,1-3H3,(H,22,24)(H,23,25)/t14-/m1/s1. The summed E-state index contributed by atoms with van der Waals surface area (Å²) < 4.78 is 24.3. The molecule has 2 rings (SSSR count). The van der Waals surface area contributed by atoms with Crippen LogP contribution in [0, 0.1) is 5.82 Å². The summed E-state index contributed by atoms with van der Waals surface area (Å²) in [5.41, 5.74) is 5.46. The number of hydrazine groups is 1. The highest BCUT2D eigenvalue weighted by Crippen LogP contribution is 2.25. The predicted octanol–water partition coefficient (Wildman–Crippen LogP) is 2.94. The Hall–Kier alpha value is -3.09. The van der Waals surface area contributed by atoms with E-state index in [9.17, 15) is 14.0 Å². The Morgan fingerprint density at radius 3 is 2.26 bits per heavy atom. The summed E-state index contributed by atoms with van der Waals surface area (Å²) >= 11 is 0. The van der Waals surface area contributed by atoms with E-state index in [1.807, 2.05) is 32.0 Å². The van der Waals surface area contributed by atoms with Crippen molar-refractivity contribution >= 4 is 11.8 Å². The van der Waals surface area contributed by atoms with Crippen LogP contribution in [0.3, 0.4) is 0 Å². The molecule has 2 aromatic carbocycles. The molecule has 0 unspecified atom stereocenters. The molecule has 2 amide bonds. The number of amides is 2. The van der Waals surface area contributed by atoms with Crippen LogP contribution in [0.1, 0.15) is 32.3 Å². The lowest BCUT2D eigenvalue weighted by atomic mass is 10.0. The molecule has 0 heterocycles. The summed E-state index contributed by atoms with van der Waals surface area (Å²) in [6.07, 6.45) is -0.996. The minimum atomic E-state index is -0.996. The van der Waals surface area contributed by atoms with E-state index in [4.69, 9.17) is 9.47 Å². The van der Waals surface area contributed by atoms with Gasteiger partial charge in [0, 0.05) is 0 Å². The van der Waals surface area contributed by atoms with Crippen LogP contribution in [-0.4, -0.2) is 24.5 Å². The first kappa shape index (κ1) is 20.2. The summed E-state index contributed by atoms with van der Waals surface area (Å²) in [6.45, 7) is 5.24. The lowest BCUT2D eigenvalue weighted by molar-refractivity contribution is -0.133. The molecule has 0 spiro atoms. The zero-order chi connectivity index (χ0) is 19.8. The molecule has 0 fully saturated rings. The third kappa shape index (κ3) is 5.99. The third-order valence-corrected chi connectivity index (χ3v) is 3.73. The van der Waals surface area contributed by atoms with Crippen molar-refractivity contribution in [2.24, 2.45) is 0 Å². The number of para-hydroxylation sites is 2. The van der Waals surface area contributed by atoms with Crippen LogP contribution < -0.4 is 20.3 Å². The van der Waals surface area contributed by atoms with Gasteiger partial charge in [-0.3, -0.25) is 20.4 Å². The Balaban J connectivity index is 1.80. The van der Waals surface area contributed by atoms with Gasteiger partial charge >= 0.3 is 0 Å². The number of nitrogens with one attached hydrogen (secondary N) is 2. The van der Waals surface area contributed by atoms with Gasteiger partial charge in [-0.2, -0.15) is 0 Å². The third-order valence-electron chi connectivity index (χ3n) is 3.73. The molecule has 0 aromatic heterocycles. The Morgan fingerprint density at radius 2 is 1.59 bits per heavy atom. The maximum Gasteiger partial charge on any atom is 0.279 e. The molecule has 0 aliphatic carbocycles. The van der Waals surface area contributed by atoms with Gasteiger partial charge in [0.25, 0.3) is 11.8 Å². The van der Waals surface area contributed by atoms with Crippen molar-refractivity contribution in [2.75, 3.05) is 6.61 Å². The Kier molecular flexibility index (Phi) is 7.16. The van der Waals surface area contributed by atoms with Crippen molar-refractivity contribution in [3.05, 3.63) is 59.9 Å². The first-order valence-corrected chi connectivity index (χ1v) is 8.60. The van der Waals surface area contributed by atoms with Crippen molar-refractivity contribution < 1.29 is 23.5 Å². The van der Waals surface area contributed by atoms with Crippen LogP contribution in [0.2, 0.25) is 0 Å². The Morgan fingerprint density at radius 1 is 0.963 bits per heavy atom. The van der Waals surface area contributed by atoms with Crippen LogP contribution in [0.15, 0.2) is 48.5 Å². The van der Waals surface area contributed by atoms with Crippen molar-refractivity contribution in [1.82, 2.24) is 10.9 Å². The fraction of sp³-hybridized carbons (Fsp3) is 0.300. The summed E-state index contributed by atoms with van der Waals surface area (Å²) in [5, 5.41) is 0. The van der Waals surface area contributed by atoms with E-state index in [0.29, 0.717) is 5.75 Å². The highest BCUT2D eigenvalue weighted by Gasteiger charge is 2.17. The van der Waals surface area contributed by atoms with Crippen molar-refractivity contribution in [1.29, 1.82) is 0 Å². The van der Waals surface area contributed by atoms with Crippen molar-refractivity contribution in [3.8, 4) is 11.5 Å². The second-order valence-electron chi connectivity index (χ2n) is 6.21. The molecule has 144 valence electrons. The second kappa shape index (κ2) is 9.56. The van der Waals surface area contributed by atoms with E-state index in [1.54, 1.807) is 12.1 Å². The van der Waals surface area contributed by atoms with Gasteiger partial charge in [0.2, 0.25) is 0 Å². The van der Waals surface area contributed by atoms with Gasteiger partial charge in [0.15, 0.2) is 24.3 Å². The number of rotatable bonds is 7. The first-order valence-electron chi connectivity index (χ1n) is 8.60. The molecule has 2 aromatic rings. The molecule has 6 nitrogen and oxygen atoms in total. The lowest BCUT2D eigenvalue weighted by Crippen LogP contribution is -2.48. The number of hydrogen-bond donors (Lipinski definition) is 2. The Labute approximate surface area is 157 Å². The maximum atomic E-state index is 13.5. The number of hydrogen-bond acceptors (Lipinski definition) is 4. The number of benzene rings is 2. The lowest BCUT2D eigenvalue weighted by Gasteiger charge is -2.16. The predicted molar refractivity (Wildman–Crippen MR) is 98.8 cm³/mol. The highest BCUT2D eigenvalue weighted by molar-refractivity contribution is 5.85. The van der Waals surface area contributed by atoms with Crippen LogP contribution in [0.5, 0.6) is 11.5 Å². The van der Waals surface area contributed by atoms with Gasteiger partial charge in [-0.1, -0.05) is 44.2 Å². The fourth-order valence-corrected chi connectivity index (χ4v) is 2.29. The number of halogens is 1. The molecule has 0 aliphatic rings. The molecule has 2 N–H and O–H groups in total. The topological polar surface area (TPSA) is 76.7 Å². The summed E-state index contributed by atoms with van der Waals surface area (Å²) in [7, 11) is 0. The highest BCUT2D eigenvalue weighted by atomic mass is 19.1. The van der Waals surface area contributed by atoms with E-state index in [-0.39, 0.29) is 18.3 Å². The normalized spacial score (nSPS) is 11.6. The van der Waals surface area contributed by atoms with E-state index in [2.05, 4.69) is 10.9 Å². The molecule has 0 bridgehead atoms. The van der Waals surface area contributed by atoms with Crippen LogP contribution in [-0.2, 0) is 9.59 Å². The van der Waals surface area contributed by atoms with E-state index < -0.39 is 23.7 Å². The fourth-order valence-electron chi connectivity index (χ4n) is 2.29. The molecule has 27 heavy (non-hydrogen) atoms. The summed E-state index contributed by atoms with van der Waals surface area (Å²) in [6, 6.07) is 13.2. The molecular formula is C20H23FN2O4. The van der Waals surface area contributed by atoms with Crippen molar-refractivity contribution in [3.63, 3.8) is 0 Å². The van der Waals surface area contributed by atoms with Gasteiger partial charge in [0.05, 0.1) is 0 Å². The van der Waals surface area contributed by atoms with Crippen LogP contribution in [0.25, 0.3) is 0 Å². The molecule has 0 aliphatic heterocycles. The SMILES string of the molecule is CC(C)c1ccccc1OCC(=O)NNC(=O)[C@@H](C)Oc1ccccc1F. The van der Waals surface area contributed by atoms with Gasteiger partial charge < -0.3 is 9.47 Å². The van der Waals surface area contributed by atoms with Gasteiger partial charge in [-0.05, 0) is 36.6 Å². The first-order chi connectivity index (χ1) is 12.9. The molecule has 1 atom stereocenters. The molecular weight excluding hydrogens is 351 g/mol. The number of carbonyl (C=O) groups excluding carboxylic acids is 2. The quantitative estimate of drug-likeness (QED) is 0.731. The smallest absolute Gasteiger partial charge is 0.279 e. The van der Waals surface area contributed by atoms with E-state index in [0.717, 1.165) is 5.56 Å². The minimum absolute atomic E-state index is 0.0416. The largest absolute Gasteiger partial charge is 0.483 e. The van der Waals surface area contributed by atoms with Crippen LogP contribution >= 0.6 is 0 Å². The summed E-state index contributed by atoms with van der Waals surface area (Å²) in [4.78, 5) is 23.9. The zero-order valence-electron chi connectivity index (χ0n) is 15.5. The molecule has 0 saturated carbocycles. The molecule has 7 heteroatoms. The van der Waals surface area contributed by atoms with E-state index >= 15 is 0 Å².